The Morgan fingerprint density at radius 3 is 2.19 bits per heavy atom. The van der Waals surface area contributed by atoms with Gasteiger partial charge in [0.05, 0.1) is 25.3 Å². The van der Waals surface area contributed by atoms with Gasteiger partial charge in [0, 0.05) is 17.8 Å². The highest BCUT2D eigenvalue weighted by atomic mass is 16.5. The molecule has 166 valence electrons. The lowest BCUT2D eigenvalue weighted by atomic mass is 10.2. The average Bonchev–Trinajstić information content (AvgIpc) is 2.83. The monoisotopic (exact) mass is 432 g/mol. The van der Waals surface area contributed by atoms with Crippen LogP contribution >= 0.6 is 0 Å². The van der Waals surface area contributed by atoms with Crippen LogP contribution in [0.15, 0.2) is 78.9 Å². The normalized spacial score (nSPS) is 10.3. The molecule has 0 saturated carbocycles. The van der Waals surface area contributed by atoms with Crippen LogP contribution in [-0.4, -0.2) is 31.6 Å². The summed E-state index contributed by atoms with van der Waals surface area (Å²) in [6.07, 6.45) is 1.62. The highest BCUT2D eigenvalue weighted by Crippen LogP contribution is 2.16. The highest BCUT2D eigenvalue weighted by molar-refractivity contribution is 5.95. The zero-order valence-electron chi connectivity index (χ0n) is 18.2. The molecule has 2 N–H and O–H groups in total. The third-order valence-corrected chi connectivity index (χ3v) is 4.65. The zero-order valence-corrected chi connectivity index (χ0v) is 18.2. The third-order valence-electron chi connectivity index (χ3n) is 4.65. The minimum absolute atomic E-state index is 0.120. The van der Waals surface area contributed by atoms with E-state index in [1.54, 1.807) is 24.3 Å². The summed E-state index contributed by atoms with van der Waals surface area (Å²) < 4.78 is 10.9. The van der Waals surface area contributed by atoms with Crippen molar-refractivity contribution < 1.29 is 19.1 Å². The van der Waals surface area contributed by atoms with E-state index in [1.165, 1.54) is 5.56 Å². The van der Waals surface area contributed by atoms with Crippen LogP contribution in [-0.2, 0) is 16.0 Å². The Morgan fingerprint density at radius 2 is 1.50 bits per heavy atom. The number of hydrogen-bond acceptors (Lipinski definition) is 5. The molecule has 0 saturated heterocycles. The molecule has 0 spiro atoms. The molecule has 0 aliphatic heterocycles. The molecule has 0 aliphatic carbocycles. The predicted octanol–water partition coefficient (Wildman–Crippen LogP) is 4.93. The molecule has 6 nitrogen and oxygen atoms in total. The van der Waals surface area contributed by atoms with Crippen molar-refractivity contribution in [3.8, 4) is 5.75 Å². The molecule has 3 aromatic carbocycles. The van der Waals surface area contributed by atoms with Gasteiger partial charge in [0.25, 0.3) is 0 Å². The molecule has 0 aliphatic rings. The molecular weight excluding hydrogens is 404 g/mol. The van der Waals surface area contributed by atoms with E-state index in [-0.39, 0.29) is 18.4 Å². The zero-order chi connectivity index (χ0) is 22.6. The maximum Gasteiger partial charge on any atom is 0.338 e. The van der Waals surface area contributed by atoms with Crippen molar-refractivity contribution in [1.29, 1.82) is 0 Å². The van der Waals surface area contributed by atoms with Crippen LogP contribution in [0.25, 0.3) is 0 Å². The number of hydrogen-bond donors (Lipinski definition) is 2. The number of carbonyl (C=O) groups excluding carboxylic acids is 2. The second-order valence-electron chi connectivity index (χ2n) is 7.22. The van der Waals surface area contributed by atoms with Gasteiger partial charge in [-0.15, -0.1) is 0 Å². The first-order chi connectivity index (χ1) is 15.6. The van der Waals surface area contributed by atoms with Crippen LogP contribution in [0.2, 0.25) is 0 Å². The van der Waals surface area contributed by atoms with Crippen LogP contribution in [0.1, 0.15) is 29.3 Å². The van der Waals surface area contributed by atoms with Gasteiger partial charge >= 0.3 is 5.97 Å². The van der Waals surface area contributed by atoms with E-state index in [4.69, 9.17) is 9.47 Å². The van der Waals surface area contributed by atoms with E-state index in [0.29, 0.717) is 24.5 Å². The SMILES string of the molecule is CCCOC(=O)c1ccc(NC(=O)CNc2ccc(OCCc3ccccc3)cc2)cc1. The Morgan fingerprint density at radius 1 is 0.812 bits per heavy atom. The van der Waals surface area contributed by atoms with Gasteiger partial charge in [0.1, 0.15) is 5.75 Å². The molecule has 0 unspecified atom stereocenters. The number of amides is 1. The summed E-state index contributed by atoms with van der Waals surface area (Å²) >= 11 is 0. The van der Waals surface area contributed by atoms with Crippen LogP contribution in [0, 0.1) is 0 Å². The molecule has 0 atom stereocenters. The van der Waals surface area contributed by atoms with Gasteiger partial charge in [-0.3, -0.25) is 4.79 Å². The molecule has 0 aromatic heterocycles. The summed E-state index contributed by atoms with van der Waals surface area (Å²) in [5.41, 5.74) is 3.14. The largest absolute Gasteiger partial charge is 0.493 e. The first-order valence-corrected chi connectivity index (χ1v) is 10.7. The molecule has 32 heavy (non-hydrogen) atoms. The number of esters is 1. The molecule has 0 radical (unpaired) electrons. The second-order valence-corrected chi connectivity index (χ2v) is 7.22. The maximum absolute atomic E-state index is 12.2. The number of rotatable bonds is 11. The van der Waals surface area contributed by atoms with Crippen LogP contribution in [0.5, 0.6) is 5.75 Å². The molecule has 0 bridgehead atoms. The van der Waals surface area contributed by atoms with Crippen LogP contribution in [0.4, 0.5) is 11.4 Å². The topological polar surface area (TPSA) is 76.7 Å². The molecule has 1 amide bonds. The first-order valence-electron chi connectivity index (χ1n) is 10.7. The summed E-state index contributed by atoms with van der Waals surface area (Å²) in [7, 11) is 0. The maximum atomic E-state index is 12.2. The van der Waals surface area contributed by atoms with Crippen molar-refractivity contribution in [2.24, 2.45) is 0 Å². The summed E-state index contributed by atoms with van der Waals surface area (Å²) in [5, 5.41) is 5.88. The molecule has 3 aromatic rings. The van der Waals surface area contributed by atoms with E-state index < -0.39 is 0 Å². The van der Waals surface area contributed by atoms with Crippen molar-refractivity contribution in [2.75, 3.05) is 30.4 Å². The summed E-state index contributed by atoms with van der Waals surface area (Å²) in [6, 6.07) is 24.3. The summed E-state index contributed by atoms with van der Waals surface area (Å²) in [6.45, 7) is 3.06. The number of ether oxygens (including phenoxy) is 2. The van der Waals surface area contributed by atoms with Gasteiger partial charge < -0.3 is 20.1 Å². The average molecular weight is 433 g/mol. The first kappa shape index (κ1) is 22.9. The number of nitrogens with one attached hydrogen (secondary N) is 2. The lowest BCUT2D eigenvalue weighted by molar-refractivity contribution is -0.114. The molecule has 3 rings (SSSR count). The Kier molecular flexibility index (Phi) is 8.69. The van der Waals surface area contributed by atoms with Crippen LogP contribution < -0.4 is 15.4 Å². The predicted molar refractivity (Wildman–Crippen MR) is 126 cm³/mol. The smallest absolute Gasteiger partial charge is 0.338 e. The third kappa shape index (κ3) is 7.47. The van der Waals surface area contributed by atoms with E-state index >= 15 is 0 Å². The van der Waals surface area contributed by atoms with E-state index in [0.717, 1.165) is 24.3 Å². The van der Waals surface area contributed by atoms with Gasteiger partial charge in [-0.2, -0.15) is 0 Å². The minimum Gasteiger partial charge on any atom is -0.493 e. The van der Waals surface area contributed by atoms with Gasteiger partial charge in [-0.25, -0.2) is 4.79 Å². The fourth-order valence-electron chi connectivity index (χ4n) is 2.96. The van der Waals surface area contributed by atoms with Crippen molar-refractivity contribution in [1.82, 2.24) is 0 Å². The van der Waals surface area contributed by atoms with E-state index in [2.05, 4.69) is 22.8 Å². The van der Waals surface area contributed by atoms with Crippen molar-refractivity contribution in [3.63, 3.8) is 0 Å². The Balaban J connectivity index is 1.39. The van der Waals surface area contributed by atoms with E-state index in [9.17, 15) is 9.59 Å². The van der Waals surface area contributed by atoms with Crippen LogP contribution in [0.3, 0.4) is 0 Å². The quantitative estimate of drug-likeness (QED) is 0.420. The van der Waals surface area contributed by atoms with Crippen molar-refractivity contribution in [3.05, 3.63) is 90.0 Å². The molecule has 0 fully saturated rings. The summed E-state index contributed by atoms with van der Waals surface area (Å²) in [5.74, 6) is 0.238. The van der Waals surface area contributed by atoms with E-state index in [1.807, 2.05) is 49.4 Å². The van der Waals surface area contributed by atoms with Gasteiger partial charge in [0.2, 0.25) is 5.91 Å². The fraction of sp³-hybridized carbons (Fsp3) is 0.231. The molecule has 0 heterocycles. The van der Waals surface area contributed by atoms with Crippen molar-refractivity contribution in [2.45, 2.75) is 19.8 Å². The van der Waals surface area contributed by atoms with Crippen molar-refractivity contribution >= 4 is 23.3 Å². The molecule has 6 heteroatoms. The van der Waals surface area contributed by atoms with Gasteiger partial charge in [-0.1, -0.05) is 37.3 Å². The Bertz CT molecular complexity index is 987. The number of anilines is 2. The number of benzene rings is 3. The summed E-state index contributed by atoms with van der Waals surface area (Å²) in [4.78, 5) is 24.0. The highest BCUT2D eigenvalue weighted by Gasteiger charge is 2.08. The lowest BCUT2D eigenvalue weighted by Crippen LogP contribution is -2.21. The minimum atomic E-state index is -0.362. The Hall–Kier alpha value is -3.80. The Labute approximate surface area is 188 Å². The lowest BCUT2D eigenvalue weighted by Gasteiger charge is -2.10. The van der Waals surface area contributed by atoms with Gasteiger partial charge in [0.15, 0.2) is 0 Å². The standard InChI is InChI=1S/C26H28N2O4/c1-2-17-32-26(30)21-8-10-23(11-9-21)28-25(29)19-27-22-12-14-24(15-13-22)31-18-16-20-6-4-3-5-7-20/h3-15,27H,2,16-19H2,1H3,(H,28,29). The number of carbonyl (C=O) groups is 2. The molecular formula is C26H28N2O4. The van der Waals surface area contributed by atoms with Gasteiger partial charge in [-0.05, 0) is 60.5 Å². The second kappa shape index (κ2) is 12.2. The fourth-order valence-corrected chi connectivity index (χ4v) is 2.96.